The molecule has 0 saturated heterocycles. The molecule has 0 rings (SSSR count). The van der Waals surface area contributed by atoms with E-state index in [2.05, 4.69) is 5.32 Å². The van der Waals surface area contributed by atoms with Crippen molar-refractivity contribution in [1.29, 1.82) is 5.26 Å². The van der Waals surface area contributed by atoms with Gasteiger partial charge < -0.3 is 10.2 Å². The van der Waals surface area contributed by atoms with Crippen LogP contribution in [0.25, 0.3) is 0 Å². The summed E-state index contributed by atoms with van der Waals surface area (Å²) in [6.45, 7) is 6.58. The number of hydrogen-bond acceptors (Lipinski definition) is 2. The Labute approximate surface area is 79.5 Å². The number of carbonyl (C=O) groups excluding carboxylic acids is 1. The lowest BCUT2D eigenvalue weighted by atomic mass is 10.3. The van der Waals surface area contributed by atoms with Crippen molar-refractivity contribution >= 4 is 6.03 Å². The van der Waals surface area contributed by atoms with Gasteiger partial charge in [0.25, 0.3) is 0 Å². The molecule has 0 atom stereocenters. The van der Waals surface area contributed by atoms with Crippen molar-refractivity contribution in [3.63, 3.8) is 0 Å². The van der Waals surface area contributed by atoms with Crippen molar-refractivity contribution in [2.24, 2.45) is 0 Å². The van der Waals surface area contributed by atoms with Crippen molar-refractivity contribution in [2.45, 2.75) is 33.2 Å². The zero-order valence-electron chi connectivity index (χ0n) is 8.50. The first-order valence-electron chi connectivity index (χ1n) is 4.54. The molecule has 13 heavy (non-hydrogen) atoms. The van der Waals surface area contributed by atoms with Gasteiger partial charge in [-0.1, -0.05) is 6.92 Å². The molecule has 74 valence electrons. The number of nitrogens with zero attached hydrogens (tertiary/aromatic N) is 2. The van der Waals surface area contributed by atoms with Crippen LogP contribution < -0.4 is 5.32 Å². The molecule has 0 aliphatic rings. The van der Waals surface area contributed by atoms with Crippen LogP contribution in [0.1, 0.15) is 27.2 Å². The first-order chi connectivity index (χ1) is 6.13. The molecule has 0 aliphatic heterocycles. The van der Waals surface area contributed by atoms with E-state index in [0.717, 1.165) is 6.42 Å². The molecule has 0 aromatic carbocycles. The van der Waals surface area contributed by atoms with Gasteiger partial charge in [0.15, 0.2) is 0 Å². The third kappa shape index (κ3) is 4.36. The van der Waals surface area contributed by atoms with E-state index in [4.69, 9.17) is 5.26 Å². The predicted octanol–water partition coefficient (Wildman–Crippen LogP) is 1.34. The van der Waals surface area contributed by atoms with E-state index in [1.165, 1.54) is 4.90 Å². The Morgan fingerprint density at radius 2 is 2.23 bits per heavy atom. The smallest absolute Gasteiger partial charge is 0.318 e. The Hall–Kier alpha value is -1.24. The molecule has 0 heterocycles. The minimum atomic E-state index is -0.154. The Morgan fingerprint density at radius 3 is 2.62 bits per heavy atom. The van der Waals surface area contributed by atoms with Gasteiger partial charge in [0, 0.05) is 12.6 Å². The fourth-order valence-electron chi connectivity index (χ4n) is 0.899. The minimum Gasteiger partial charge on any atom is -0.338 e. The molecule has 4 heteroatoms. The monoisotopic (exact) mass is 183 g/mol. The highest BCUT2D eigenvalue weighted by atomic mass is 16.2. The molecule has 4 nitrogen and oxygen atoms in total. The number of urea groups is 1. The number of nitriles is 1. The van der Waals surface area contributed by atoms with Crippen LogP contribution in [0.4, 0.5) is 4.79 Å². The van der Waals surface area contributed by atoms with Crippen molar-refractivity contribution in [3.05, 3.63) is 0 Å². The second kappa shape index (κ2) is 6.30. The van der Waals surface area contributed by atoms with Crippen molar-refractivity contribution in [3.8, 4) is 6.07 Å². The van der Waals surface area contributed by atoms with Crippen molar-refractivity contribution in [1.82, 2.24) is 10.2 Å². The summed E-state index contributed by atoms with van der Waals surface area (Å²) in [5, 5.41) is 11.2. The lowest BCUT2D eigenvalue weighted by Crippen LogP contribution is -2.44. The van der Waals surface area contributed by atoms with Crippen LogP contribution in [0.3, 0.4) is 0 Å². The van der Waals surface area contributed by atoms with E-state index < -0.39 is 0 Å². The topological polar surface area (TPSA) is 56.1 Å². The maximum absolute atomic E-state index is 11.4. The van der Waals surface area contributed by atoms with E-state index in [9.17, 15) is 4.79 Å². The quantitative estimate of drug-likeness (QED) is 0.669. The summed E-state index contributed by atoms with van der Waals surface area (Å²) in [5.74, 6) is 0. The summed E-state index contributed by atoms with van der Waals surface area (Å²) in [7, 11) is 0. The molecule has 0 aromatic heterocycles. The third-order valence-corrected chi connectivity index (χ3v) is 1.65. The Kier molecular flexibility index (Phi) is 5.69. The summed E-state index contributed by atoms with van der Waals surface area (Å²) >= 11 is 0. The van der Waals surface area contributed by atoms with Crippen molar-refractivity contribution < 1.29 is 4.79 Å². The zero-order chi connectivity index (χ0) is 10.3. The second-order valence-corrected chi connectivity index (χ2v) is 3.11. The fourth-order valence-corrected chi connectivity index (χ4v) is 0.899. The standard InChI is InChI=1S/C9H17N3O/c1-4-6-11-9(13)12(7-5-10)8(2)3/h8H,4,6-7H2,1-3H3,(H,11,13). The highest BCUT2D eigenvalue weighted by molar-refractivity contribution is 5.74. The van der Waals surface area contributed by atoms with Gasteiger partial charge >= 0.3 is 6.03 Å². The van der Waals surface area contributed by atoms with Gasteiger partial charge in [-0.3, -0.25) is 0 Å². The van der Waals surface area contributed by atoms with Gasteiger partial charge in [-0.15, -0.1) is 0 Å². The van der Waals surface area contributed by atoms with Crippen LogP contribution >= 0.6 is 0 Å². The summed E-state index contributed by atoms with van der Waals surface area (Å²) in [4.78, 5) is 12.9. The SMILES string of the molecule is CCCNC(=O)N(CC#N)C(C)C. The van der Waals surface area contributed by atoms with Crippen molar-refractivity contribution in [2.75, 3.05) is 13.1 Å². The van der Waals surface area contributed by atoms with Gasteiger partial charge in [0.2, 0.25) is 0 Å². The van der Waals surface area contributed by atoms with Crippen LogP contribution in [0.15, 0.2) is 0 Å². The molecule has 0 aliphatic carbocycles. The average Bonchev–Trinajstić information content (AvgIpc) is 2.09. The van der Waals surface area contributed by atoms with E-state index >= 15 is 0 Å². The number of amides is 2. The highest BCUT2D eigenvalue weighted by Crippen LogP contribution is 1.97. The summed E-state index contributed by atoms with van der Waals surface area (Å²) in [6.07, 6.45) is 0.907. The first-order valence-corrected chi connectivity index (χ1v) is 4.54. The van der Waals surface area contributed by atoms with Gasteiger partial charge in [0.1, 0.15) is 6.54 Å². The third-order valence-electron chi connectivity index (χ3n) is 1.65. The molecule has 0 radical (unpaired) electrons. The maximum atomic E-state index is 11.4. The Balaban J connectivity index is 4.05. The number of carbonyl (C=O) groups is 1. The summed E-state index contributed by atoms with van der Waals surface area (Å²) in [6, 6.07) is 1.88. The minimum absolute atomic E-state index is 0.0662. The molecule has 0 aromatic rings. The van der Waals surface area contributed by atoms with Gasteiger partial charge in [-0.05, 0) is 20.3 Å². The summed E-state index contributed by atoms with van der Waals surface area (Å²) in [5.41, 5.74) is 0. The zero-order valence-corrected chi connectivity index (χ0v) is 8.50. The lowest BCUT2D eigenvalue weighted by molar-refractivity contribution is 0.191. The second-order valence-electron chi connectivity index (χ2n) is 3.11. The van der Waals surface area contributed by atoms with Crippen LogP contribution in [-0.4, -0.2) is 30.1 Å². The summed E-state index contributed by atoms with van der Waals surface area (Å²) < 4.78 is 0. The van der Waals surface area contributed by atoms with Crippen LogP contribution in [0.2, 0.25) is 0 Å². The molecule has 0 unspecified atom stereocenters. The molecule has 0 saturated carbocycles. The van der Waals surface area contributed by atoms with Crippen LogP contribution in [0, 0.1) is 11.3 Å². The number of rotatable bonds is 4. The molecule has 2 amide bonds. The normalized spacial score (nSPS) is 9.46. The van der Waals surface area contributed by atoms with Gasteiger partial charge in [-0.2, -0.15) is 5.26 Å². The molecule has 1 N–H and O–H groups in total. The number of hydrogen-bond donors (Lipinski definition) is 1. The van der Waals surface area contributed by atoms with E-state index in [0.29, 0.717) is 6.54 Å². The molecule has 0 fully saturated rings. The average molecular weight is 183 g/mol. The van der Waals surface area contributed by atoms with E-state index in [1.807, 2.05) is 26.8 Å². The number of nitrogens with one attached hydrogen (secondary N) is 1. The molecule has 0 bridgehead atoms. The van der Waals surface area contributed by atoms with Gasteiger partial charge in [0.05, 0.1) is 6.07 Å². The highest BCUT2D eigenvalue weighted by Gasteiger charge is 2.14. The molecular formula is C9H17N3O. The van der Waals surface area contributed by atoms with E-state index in [-0.39, 0.29) is 18.6 Å². The lowest BCUT2D eigenvalue weighted by Gasteiger charge is -2.23. The van der Waals surface area contributed by atoms with Gasteiger partial charge in [-0.25, -0.2) is 4.79 Å². The first kappa shape index (κ1) is 11.8. The maximum Gasteiger partial charge on any atom is 0.318 e. The van der Waals surface area contributed by atoms with Crippen LogP contribution in [0.5, 0.6) is 0 Å². The fraction of sp³-hybridized carbons (Fsp3) is 0.778. The molecular weight excluding hydrogens is 166 g/mol. The molecule has 0 spiro atoms. The van der Waals surface area contributed by atoms with E-state index in [1.54, 1.807) is 0 Å². The largest absolute Gasteiger partial charge is 0.338 e. The Morgan fingerprint density at radius 1 is 1.62 bits per heavy atom. The Bertz CT molecular complexity index is 196. The van der Waals surface area contributed by atoms with Crippen LogP contribution in [-0.2, 0) is 0 Å². The predicted molar refractivity (Wildman–Crippen MR) is 51.1 cm³/mol.